The quantitative estimate of drug-likeness (QED) is 0.463. The molecule has 2 aromatic carbocycles. The van der Waals surface area contributed by atoms with Crippen LogP contribution in [0.1, 0.15) is 55.7 Å². The third-order valence-corrected chi connectivity index (χ3v) is 6.48. The summed E-state index contributed by atoms with van der Waals surface area (Å²) in [5, 5.41) is 3.22. The highest BCUT2D eigenvalue weighted by Crippen LogP contribution is 2.38. The summed E-state index contributed by atoms with van der Waals surface area (Å²) in [5.74, 6) is 0.154. The van der Waals surface area contributed by atoms with Crippen LogP contribution >= 0.6 is 15.9 Å². The Morgan fingerprint density at radius 3 is 2.59 bits per heavy atom. The molecule has 3 rings (SSSR count). The minimum atomic E-state index is -0.875. The number of amides is 2. The molecule has 0 spiro atoms. The van der Waals surface area contributed by atoms with Gasteiger partial charge in [0.05, 0.1) is 12.8 Å². The van der Waals surface area contributed by atoms with Gasteiger partial charge < -0.3 is 10.1 Å². The van der Waals surface area contributed by atoms with Gasteiger partial charge in [-0.2, -0.15) is 0 Å². The van der Waals surface area contributed by atoms with Gasteiger partial charge in [-0.05, 0) is 59.5 Å². The third kappa shape index (κ3) is 5.60. The molecular formula is C26H31BrN2O3. The molecule has 1 N–H and O–H groups in total. The summed E-state index contributed by atoms with van der Waals surface area (Å²) >= 11 is 3.61. The van der Waals surface area contributed by atoms with Crippen LogP contribution in [-0.2, 0) is 9.59 Å². The number of aryl methyl sites for hydroxylation is 1. The largest absolute Gasteiger partial charge is 0.496 e. The van der Waals surface area contributed by atoms with Crippen molar-refractivity contribution >= 4 is 33.4 Å². The number of benzene rings is 2. The fraction of sp³-hybridized carbons (Fsp3) is 0.385. The van der Waals surface area contributed by atoms with Crippen LogP contribution in [0.4, 0.5) is 5.69 Å². The highest BCUT2D eigenvalue weighted by molar-refractivity contribution is 9.10. The van der Waals surface area contributed by atoms with E-state index in [2.05, 4.69) is 27.8 Å². The minimum absolute atomic E-state index is 0.114. The summed E-state index contributed by atoms with van der Waals surface area (Å²) in [6, 6.07) is 12.4. The lowest BCUT2D eigenvalue weighted by atomic mass is 9.94. The molecule has 0 bridgehead atoms. The number of carbonyl (C=O) groups excluding carboxylic acids is 2. The monoisotopic (exact) mass is 498 g/mol. The lowest BCUT2D eigenvalue weighted by Gasteiger charge is -2.34. The molecule has 1 aliphatic carbocycles. The maximum absolute atomic E-state index is 13.8. The van der Waals surface area contributed by atoms with Gasteiger partial charge in [0.25, 0.3) is 0 Å². The molecule has 0 aliphatic heterocycles. The maximum Gasteiger partial charge on any atom is 0.248 e. The topological polar surface area (TPSA) is 58.6 Å². The first-order valence-corrected chi connectivity index (χ1v) is 11.9. The van der Waals surface area contributed by atoms with Crippen LogP contribution in [0.3, 0.4) is 0 Å². The normalized spacial score (nSPS) is 15.0. The van der Waals surface area contributed by atoms with Gasteiger partial charge in [0, 0.05) is 22.5 Å². The van der Waals surface area contributed by atoms with E-state index in [0.717, 1.165) is 35.7 Å². The van der Waals surface area contributed by atoms with Gasteiger partial charge in [0.2, 0.25) is 11.8 Å². The summed E-state index contributed by atoms with van der Waals surface area (Å²) in [6.45, 7) is 5.72. The number of hydrogen-bond acceptors (Lipinski definition) is 3. The maximum atomic E-state index is 13.8. The lowest BCUT2D eigenvalue weighted by molar-refractivity contribution is -0.127. The van der Waals surface area contributed by atoms with Crippen LogP contribution in [0.15, 0.2) is 59.6 Å². The van der Waals surface area contributed by atoms with Crippen molar-refractivity contribution in [3.63, 3.8) is 0 Å². The summed E-state index contributed by atoms with van der Waals surface area (Å²) in [6.07, 6.45) is 7.00. The first-order chi connectivity index (χ1) is 15.5. The zero-order valence-electron chi connectivity index (χ0n) is 18.8. The molecule has 1 aliphatic rings. The second kappa shape index (κ2) is 11.3. The predicted octanol–water partition coefficient (Wildman–Crippen LogP) is 5.87. The van der Waals surface area contributed by atoms with Crippen LogP contribution in [-0.4, -0.2) is 25.0 Å². The Morgan fingerprint density at radius 2 is 1.94 bits per heavy atom. The molecule has 1 fully saturated rings. The molecule has 1 unspecified atom stereocenters. The number of hydrogen-bond donors (Lipinski definition) is 1. The summed E-state index contributed by atoms with van der Waals surface area (Å²) in [7, 11) is 1.58. The molecule has 1 atom stereocenters. The number of para-hydroxylation sites is 1. The van der Waals surface area contributed by atoms with Gasteiger partial charge in [0.15, 0.2) is 0 Å². The van der Waals surface area contributed by atoms with Gasteiger partial charge in [-0.1, -0.05) is 49.6 Å². The zero-order valence-corrected chi connectivity index (χ0v) is 20.4. The van der Waals surface area contributed by atoms with Crippen LogP contribution in [0.2, 0.25) is 0 Å². The fourth-order valence-corrected chi connectivity index (χ4v) is 4.95. The lowest BCUT2D eigenvalue weighted by Crippen LogP contribution is -2.47. The van der Waals surface area contributed by atoms with E-state index in [1.165, 1.54) is 6.42 Å². The van der Waals surface area contributed by atoms with E-state index in [0.29, 0.717) is 17.0 Å². The van der Waals surface area contributed by atoms with E-state index < -0.39 is 6.04 Å². The van der Waals surface area contributed by atoms with E-state index in [1.807, 2.05) is 49.4 Å². The second-order valence-electron chi connectivity index (χ2n) is 8.20. The Balaban J connectivity index is 2.12. The van der Waals surface area contributed by atoms with E-state index >= 15 is 0 Å². The fourth-order valence-electron chi connectivity index (χ4n) is 4.26. The summed E-state index contributed by atoms with van der Waals surface area (Å²) in [4.78, 5) is 28.8. The van der Waals surface area contributed by atoms with Gasteiger partial charge in [0.1, 0.15) is 11.8 Å². The number of nitrogens with one attached hydrogen (secondary N) is 1. The molecule has 6 heteroatoms. The first kappa shape index (κ1) is 24.1. The number of ether oxygens (including phenoxy) is 1. The van der Waals surface area contributed by atoms with Crippen molar-refractivity contribution in [3.05, 3.63) is 70.7 Å². The summed E-state index contributed by atoms with van der Waals surface area (Å²) < 4.78 is 6.34. The predicted molar refractivity (Wildman–Crippen MR) is 132 cm³/mol. The number of nitrogens with zero attached hydrogens (tertiary/aromatic N) is 1. The Morgan fingerprint density at radius 1 is 1.22 bits per heavy atom. The molecule has 2 amide bonds. The Hall–Kier alpha value is -2.60. The Bertz CT molecular complexity index is 969. The second-order valence-corrected chi connectivity index (χ2v) is 9.05. The molecule has 0 radical (unpaired) electrons. The molecule has 170 valence electrons. The minimum Gasteiger partial charge on any atom is -0.496 e. The van der Waals surface area contributed by atoms with Crippen molar-refractivity contribution in [1.82, 2.24) is 5.32 Å². The average Bonchev–Trinajstić information content (AvgIpc) is 2.79. The molecule has 0 aromatic heterocycles. The summed E-state index contributed by atoms with van der Waals surface area (Å²) in [5.41, 5.74) is 2.34. The van der Waals surface area contributed by atoms with Crippen LogP contribution in [0.5, 0.6) is 5.75 Å². The smallest absolute Gasteiger partial charge is 0.248 e. The molecule has 1 saturated carbocycles. The van der Waals surface area contributed by atoms with Crippen LogP contribution in [0, 0.1) is 6.92 Å². The molecule has 0 heterocycles. The van der Waals surface area contributed by atoms with Crippen molar-refractivity contribution in [1.29, 1.82) is 0 Å². The number of carbonyl (C=O) groups is 2. The number of methoxy groups -OCH3 is 1. The van der Waals surface area contributed by atoms with Gasteiger partial charge in [-0.15, -0.1) is 6.58 Å². The number of halogens is 1. The van der Waals surface area contributed by atoms with Crippen molar-refractivity contribution in [2.45, 2.75) is 57.5 Å². The van der Waals surface area contributed by atoms with Gasteiger partial charge in [-0.3, -0.25) is 14.5 Å². The molecular weight excluding hydrogens is 468 g/mol. The standard InChI is InChI=1S/C26H31BrN2O3/c1-4-10-24(30)29(22-16-15-18(2)17-21(22)27)25(20-13-8-9-14-23(20)32-3)26(31)28-19-11-6-5-7-12-19/h4,8-9,13-17,19,25H,1,5-7,10-12H2,2-3H3,(H,28,31). The van der Waals surface area contributed by atoms with E-state index in [4.69, 9.17) is 4.74 Å². The Labute approximate surface area is 199 Å². The molecule has 5 nitrogen and oxygen atoms in total. The molecule has 32 heavy (non-hydrogen) atoms. The van der Waals surface area contributed by atoms with Crippen molar-refractivity contribution in [3.8, 4) is 5.75 Å². The number of anilines is 1. The molecule has 2 aromatic rings. The van der Waals surface area contributed by atoms with E-state index in [9.17, 15) is 9.59 Å². The molecule has 0 saturated heterocycles. The highest BCUT2D eigenvalue weighted by atomic mass is 79.9. The van der Waals surface area contributed by atoms with E-state index in [-0.39, 0.29) is 24.3 Å². The van der Waals surface area contributed by atoms with E-state index in [1.54, 1.807) is 18.1 Å². The van der Waals surface area contributed by atoms with Crippen LogP contribution < -0.4 is 15.0 Å². The SMILES string of the molecule is C=CCC(=O)N(c1ccc(C)cc1Br)C(C(=O)NC1CCCCC1)c1ccccc1OC. The van der Waals surface area contributed by atoms with Gasteiger partial charge in [-0.25, -0.2) is 0 Å². The zero-order chi connectivity index (χ0) is 23.1. The Kier molecular flexibility index (Phi) is 8.51. The highest BCUT2D eigenvalue weighted by Gasteiger charge is 2.36. The first-order valence-electron chi connectivity index (χ1n) is 11.1. The van der Waals surface area contributed by atoms with Crippen LogP contribution in [0.25, 0.3) is 0 Å². The van der Waals surface area contributed by atoms with Gasteiger partial charge >= 0.3 is 0 Å². The third-order valence-electron chi connectivity index (χ3n) is 5.84. The van der Waals surface area contributed by atoms with Crippen molar-refractivity contribution in [2.24, 2.45) is 0 Å². The number of rotatable bonds is 8. The van der Waals surface area contributed by atoms with Crippen molar-refractivity contribution in [2.75, 3.05) is 12.0 Å². The van der Waals surface area contributed by atoms with Crippen molar-refractivity contribution < 1.29 is 14.3 Å². The average molecular weight is 499 g/mol.